The van der Waals surface area contributed by atoms with E-state index in [9.17, 15) is 4.79 Å². The number of benzene rings is 1. The fraction of sp³-hybridized carbons (Fsp3) is 0.333. The van der Waals surface area contributed by atoms with Crippen LogP contribution < -0.4 is 0 Å². The van der Waals surface area contributed by atoms with Gasteiger partial charge in [-0.2, -0.15) is 0 Å². The van der Waals surface area contributed by atoms with Crippen LogP contribution in [0.2, 0.25) is 0 Å². The molecule has 1 aromatic heterocycles. The number of carboxylic acids is 1. The summed E-state index contributed by atoms with van der Waals surface area (Å²) in [7, 11) is 0. The predicted octanol–water partition coefficient (Wildman–Crippen LogP) is 3.15. The summed E-state index contributed by atoms with van der Waals surface area (Å²) in [4.78, 5) is 11.1. The van der Waals surface area contributed by atoms with Crippen LogP contribution in [0.5, 0.6) is 0 Å². The van der Waals surface area contributed by atoms with Gasteiger partial charge in [-0.3, -0.25) is 4.79 Å². The van der Waals surface area contributed by atoms with Crippen molar-refractivity contribution in [3.8, 4) is 11.4 Å². The number of aromatic nitrogens is 4. The number of carboxylic acid groups (broad SMARTS) is 1. The van der Waals surface area contributed by atoms with Crippen molar-refractivity contribution >= 4 is 37.8 Å². The van der Waals surface area contributed by atoms with Crippen molar-refractivity contribution in [3.05, 3.63) is 27.1 Å². The van der Waals surface area contributed by atoms with Crippen LogP contribution in [0.15, 0.2) is 27.1 Å². The molecule has 106 valence electrons. The Morgan fingerprint density at radius 1 is 1.35 bits per heavy atom. The number of nitrogens with zero attached hydrogens (tertiary/aromatic N) is 4. The molecule has 0 aliphatic carbocycles. The van der Waals surface area contributed by atoms with Gasteiger partial charge in [0, 0.05) is 14.5 Å². The Morgan fingerprint density at radius 3 is 2.70 bits per heavy atom. The van der Waals surface area contributed by atoms with Crippen LogP contribution in [0.4, 0.5) is 0 Å². The molecule has 0 spiro atoms. The first-order chi connectivity index (χ1) is 9.41. The minimum Gasteiger partial charge on any atom is -0.481 e. The van der Waals surface area contributed by atoms with Gasteiger partial charge in [0.25, 0.3) is 0 Å². The van der Waals surface area contributed by atoms with E-state index in [1.54, 1.807) is 13.8 Å². The minimum atomic E-state index is -0.882. The van der Waals surface area contributed by atoms with Crippen LogP contribution in [-0.2, 0) is 4.79 Å². The first-order valence-electron chi connectivity index (χ1n) is 5.88. The van der Waals surface area contributed by atoms with Gasteiger partial charge in [0.15, 0.2) is 5.82 Å². The van der Waals surface area contributed by atoms with Crippen LogP contribution in [0.1, 0.15) is 19.9 Å². The summed E-state index contributed by atoms with van der Waals surface area (Å²) in [6.07, 6.45) is 0. The molecule has 20 heavy (non-hydrogen) atoms. The monoisotopic (exact) mass is 402 g/mol. The number of halogens is 2. The molecule has 0 fully saturated rings. The molecule has 2 rings (SSSR count). The fourth-order valence-electron chi connectivity index (χ4n) is 1.73. The summed E-state index contributed by atoms with van der Waals surface area (Å²) in [6.45, 7) is 3.42. The maximum Gasteiger partial charge on any atom is 0.308 e. The lowest BCUT2D eigenvalue weighted by Gasteiger charge is -2.17. The van der Waals surface area contributed by atoms with Crippen molar-refractivity contribution < 1.29 is 9.90 Å². The molecule has 0 aliphatic rings. The number of carbonyl (C=O) groups is 1. The van der Waals surface area contributed by atoms with Crippen LogP contribution in [0, 0.1) is 5.92 Å². The summed E-state index contributed by atoms with van der Waals surface area (Å²) < 4.78 is 3.27. The Kier molecular flexibility index (Phi) is 4.54. The molecule has 2 aromatic rings. The van der Waals surface area contributed by atoms with Crippen LogP contribution >= 0.6 is 31.9 Å². The number of hydrogen-bond donors (Lipinski definition) is 1. The standard InChI is InChI=1S/C12H12Br2N4O2/c1-6(12(19)20)7(2)18-11(15-16-17-18)9-5-8(13)3-4-10(9)14/h3-7H,1-2H3,(H,19,20). The second kappa shape index (κ2) is 6.01. The Hall–Kier alpha value is -1.28. The van der Waals surface area contributed by atoms with Crippen molar-refractivity contribution in [2.75, 3.05) is 0 Å². The summed E-state index contributed by atoms with van der Waals surface area (Å²) in [5.74, 6) is -0.950. The van der Waals surface area contributed by atoms with E-state index >= 15 is 0 Å². The second-order valence-corrected chi connectivity index (χ2v) is 6.21. The summed E-state index contributed by atoms with van der Waals surface area (Å²) in [5.41, 5.74) is 0.800. The van der Waals surface area contributed by atoms with Gasteiger partial charge in [-0.05, 0) is 42.5 Å². The lowest BCUT2D eigenvalue weighted by molar-refractivity contribution is -0.142. The Bertz CT molecular complexity index is 644. The highest BCUT2D eigenvalue weighted by atomic mass is 79.9. The zero-order valence-corrected chi connectivity index (χ0v) is 14.0. The van der Waals surface area contributed by atoms with Gasteiger partial charge in [0.05, 0.1) is 12.0 Å². The third-order valence-electron chi connectivity index (χ3n) is 3.16. The van der Waals surface area contributed by atoms with E-state index < -0.39 is 11.9 Å². The number of hydrogen-bond acceptors (Lipinski definition) is 4. The average molecular weight is 404 g/mol. The zero-order valence-electron chi connectivity index (χ0n) is 10.8. The first-order valence-corrected chi connectivity index (χ1v) is 7.46. The van der Waals surface area contributed by atoms with Gasteiger partial charge in [-0.1, -0.05) is 31.9 Å². The summed E-state index contributed by atoms with van der Waals surface area (Å²) in [5, 5.41) is 20.7. The lowest BCUT2D eigenvalue weighted by Crippen LogP contribution is -2.23. The highest BCUT2D eigenvalue weighted by Crippen LogP contribution is 2.31. The highest BCUT2D eigenvalue weighted by molar-refractivity contribution is 9.11. The maximum atomic E-state index is 11.1. The van der Waals surface area contributed by atoms with Crippen LogP contribution in [0.25, 0.3) is 11.4 Å². The average Bonchev–Trinajstić information content (AvgIpc) is 2.88. The van der Waals surface area contributed by atoms with Crippen LogP contribution in [-0.4, -0.2) is 31.3 Å². The zero-order chi connectivity index (χ0) is 14.9. The molecule has 0 bridgehead atoms. The molecular weight excluding hydrogens is 392 g/mol. The van der Waals surface area contributed by atoms with Crippen molar-refractivity contribution in [2.24, 2.45) is 5.92 Å². The quantitative estimate of drug-likeness (QED) is 0.847. The van der Waals surface area contributed by atoms with Gasteiger partial charge in [0.1, 0.15) is 0 Å². The number of tetrazole rings is 1. The van der Waals surface area contributed by atoms with E-state index in [1.165, 1.54) is 4.68 Å². The van der Waals surface area contributed by atoms with E-state index in [0.29, 0.717) is 5.82 Å². The van der Waals surface area contributed by atoms with Crippen molar-refractivity contribution in [3.63, 3.8) is 0 Å². The minimum absolute atomic E-state index is 0.358. The Balaban J connectivity index is 2.48. The molecule has 0 amide bonds. The normalized spacial score (nSPS) is 14.0. The Morgan fingerprint density at radius 2 is 2.05 bits per heavy atom. The van der Waals surface area contributed by atoms with E-state index in [4.69, 9.17) is 5.11 Å². The molecule has 0 radical (unpaired) electrons. The summed E-state index contributed by atoms with van der Waals surface area (Å²) in [6, 6.07) is 5.29. The fourth-order valence-corrected chi connectivity index (χ4v) is 2.52. The molecule has 0 saturated carbocycles. The van der Waals surface area contributed by atoms with Crippen molar-refractivity contribution in [1.29, 1.82) is 0 Å². The largest absolute Gasteiger partial charge is 0.481 e. The third kappa shape index (κ3) is 2.90. The van der Waals surface area contributed by atoms with E-state index in [2.05, 4.69) is 47.4 Å². The highest BCUT2D eigenvalue weighted by Gasteiger charge is 2.25. The third-order valence-corrected chi connectivity index (χ3v) is 4.35. The van der Waals surface area contributed by atoms with Gasteiger partial charge in [-0.25, -0.2) is 4.68 Å². The second-order valence-electron chi connectivity index (χ2n) is 4.44. The van der Waals surface area contributed by atoms with Crippen molar-refractivity contribution in [1.82, 2.24) is 20.2 Å². The van der Waals surface area contributed by atoms with Crippen LogP contribution in [0.3, 0.4) is 0 Å². The first kappa shape index (κ1) is 15.1. The molecule has 0 aliphatic heterocycles. The lowest BCUT2D eigenvalue weighted by atomic mass is 10.0. The van der Waals surface area contributed by atoms with Gasteiger partial charge < -0.3 is 5.11 Å². The molecule has 0 saturated heterocycles. The topological polar surface area (TPSA) is 80.9 Å². The molecule has 1 N–H and O–H groups in total. The molecule has 2 unspecified atom stereocenters. The van der Waals surface area contributed by atoms with E-state index in [0.717, 1.165) is 14.5 Å². The SMILES string of the molecule is CC(C(=O)O)C(C)n1nnnc1-c1cc(Br)ccc1Br. The van der Waals surface area contributed by atoms with Gasteiger partial charge in [-0.15, -0.1) is 5.10 Å². The van der Waals surface area contributed by atoms with E-state index in [1.807, 2.05) is 18.2 Å². The molecule has 8 heteroatoms. The molecular formula is C12H12Br2N4O2. The molecule has 6 nitrogen and oxygen atoms in total. The predicted molar refractivity (Wildman–Crippen MR) is 80.2 cm³/mol. The number of rotatable bonds is 4. The van der Waals surface area contributed by atoms with Gasteiger partial charge in [0.2, 0.25) is 0 Å². The molecule has 1 heterocycles. The molecule has 2 atom stereocenters. The maximum absolute atomic E-state index is 11.1. The van der Waals surface area contributed by atoms with Gasteiger partial charge >= 0.3 is 5.97 Å². The smallest absolute Gasteiger partial charge is 0.308 e. The summed E-state index contributed by atoms with van der Waals surface area (Å²) >= 11 is 6.86. The Labute approximate surface area is 132 Å². The van der Waals surface area contributed by atoms with Crippen molar-refractivity contribution in [2.45, 2.75) is 19.9 Å². The number of aliphatic carboxylic acids is 1. The molecule has 1 aromatic carbocycles. The van der Waals surface area contributed by atoms with E-state index in [-0.39, 0.29) is 6.04 Å².